The van der Waals surface area contributed by atoms with E-state index in [4.69, 9.17) is 33.7 Å². The Kier molecular flexibility index (Phi) is 3.63. The highest BCUT2D eigenvalue weighted by Gasteiger charge is 2.42. The number of hydrogen-bond acceptors (Lipinski definition) is 2. The zero-order chi connectivity index (χ0) is 11.6. The predicted molar refractivity (Wildman–Crippen MR) is 67.3 cm³/mol. The molecule has 16 heavy (non-hydrogen) atoms. The van der Waals surface area contributed by atoms with Crippen molar-refractivity contribution in [2.45, 2.75) is 19.3 Å². The predicted octanol–water partition coefficient (Wildman–Crippen LogP) is 3.50. The molecule has 2 N–H and O–H groups in total. The monoisotopic (exact) mass is 259 g/mol. The van der Waals surface area contributed by atoms with Crippen LogP contribution >= 0.6 is 23.2 Å². The maximum Gasteiger partial charge on any atom is 0.139 e. The third-order valence-corrected chi connectivity index (χ3v) is 3.88. The Morgan fingerprint density at radius 2 is 2.06 bits per heavy atom. The third kappa shape index (κ3) is 2.62. The lowest BCUT2D eigenvalue weighted by molar-refractivity contribution is 0.227. The first kappa shape index (κ1) is 12.0. The summed E-state index contributed by atoms with van der Waals surface area (Å²) in [7, 11) is 0. The molecule has 2 nitrogen and oxygen atoms in total. The van der Waals surface area contributed by atoms with E-state index in [-0.39, 0.29) is 0 Å². The Morgan fingerprint density at radius 3 is 2.69 bits per heavy atom. The molecule has 0 heterocycles. The van der Waals surface area contributed by atoms with Gasteiger partial charge in [-0.1, -0.05) is 29.3 Å². The second kappa shape index (κ2) is 4.82. The Morgan fingerprint density at radius 1 is 1.31 bits per heavy atom. The SMILES string of the molecule is NCCC1(COc2cccc(Cl)c2Cl)CC1. The maximum atomic E-state index is 6.04. The van der Waals surface area contributed by atoms with Crippen LogP contribution in [0.3, 0.4) is 0 Å². The molecule has 1 aliphatic carbocycles. The van der Waals surface area contributed by atoms with E-state index in [0.29, 0.717) is 34.4 Å². The number of rotatable bonds is 5. The molecule has 0 aromatic heterocycles. The van der Waals surface area contributed by atoms with Crippen LogP contribution in [0.25, 0.3) is 0 Å². The first-order valence-corrected chi connectivity index (χ1v) is 6.19. The molecule has 0 atom stereocenters. The first-order chi connectivity index (χ1) is 7.67. The number of ether oxygens (including phenoxy) is 1. The lowest BCUT2D eigenvalue weighted by Crippen LogP contribution is -2.17. The molecule has 0 radical (unpaired) electrons. The number of halogens is 2. The van der Waals surface area contributed by atoms with E-state index in [2.05, 4.69) is 0 Å². The second-order valence-electron chi connectivity index (χ2n) is 4.38. The van der Waals surface area contributed by atoms with Crippen LogP contribution < -0.4 is 10.5 Å². The Balaban J connectivity index is 1.97. The Bertz CT molecular complexity index is 377. The van der Waals surface area contributed by atoms with Crippen molar-refractivity contribution in [1.82, 2.24) is 0 Å². The smallest absolute Gasteiger partial charge is 0.139 e. The molecule has 0 spiro atoms. The van der Waals surface area contributed by atoms with Crippen LogP contribution in [-0.4, -0.2) is 13.2 Å². The molecule has 0 aliphatic heterocycles. The van der Waals surface area contributed by atoms with E-state index in [0.717, 1.165) is 6.42 Å². The van der Waals surface area contributed by atoms with Crippen molar-refractivity contribution in [3.8, 4) is 5.75 Å². The van der Waals surface area contributed by atoms with Crippen LogP contribution in [0.5, 0.6) is 5.75 Å². The van der Waals surface area contributed by atoms with E-state index in [9.17, 15) is 0 Å². The van der Waals surface area contributed by atoms with E-state index in [1.807, 2.05) is 12.1 Å². The summed E-state index contributed by atoms with van der Waals surface area (Å²) in [6, 6.07) is 5.43. The van der Waals surface area contributed by atoms with Crippen LogP contribution in [0, 0.1) is 5.41 Å². The van der Waals surface area contributed by atoms with Crippen molar-refractivity contribution in [1.29, 1.82) is 0 Å². The Hall–Kier alpha value is -0.440. The van der Waals surface area contributed by atoms with Gasteiger partial charge in [0.25, 0.3) is 0 Å². The lowest BCUT2D eigenvalue weighted by atomic mass is 10.0. The highest BCUT2D eigenvalue weighted by molar-refractivity contribution is 6.42. The summed E-state index contributed by atoms with van der Waals surface area (Å²) >= 11 is 11.9. The largest absolute Gasteiger partial charge is 0.491 e. The molecule has 4 heteroatoms. The van der Waals surface area contributed by atoms with Crippen molar-refractivity contribution in [3.63, 3.8) is 0 Å². The highest BCUT2D eigenvalue weighted by Crippen LogP contribution is 2.49. The van der Waals surface area contributed by atoms with Gasteiger partial charge >= 0.3 is 0 Å². The van der Waals surface area contributed by atoms with Gasteiger partial charge < -0.3 is 10.5 Å². The average molecular weight is 260 g/mol. The van der Waals surface area contributed by atoms with Crippen LogP contribution in [0.4, 0.5) is 0 Å². The van der Waals surface area contributed by atoms with Crippen LogP contribution in [0.1, 0.15) is 19.3 Å². The summed E-state index contributed by atoms with van der Waals surface area (Å²) in [6.07, 6.45) is 3.41. The van der Waals surface area contributed by atoms with Gasteiger partial charge in [0.05, 0.1) is 11.6 Å². The Labute approximate surface area is 106 Å². The standard InChI is InChI=1S/C12H15Cl2NO/c13-9-2-1-3-10(11(9)14)16-8-12(4-5-12)6-7-15/h1-3H,4-8,15H2. The fourth-order valence-electron chi connectivity index (χ4n) is 1.78. The summed E-state index contributed by atoms with van der Waals surface area (Å²) < 4.78 is 5.73. The van der Waals surface area contributed by atoms with Gasteiger partial charge in [-0.25, -0.2) is 0 Å². The number of benzene rings is 1. The lowest BCUT2D eigenvalue weighted by Gasteiger charge is -2.16. The van der Waals surface area contributed by atoms with Crippen molar-refractivity contribution in [2.75, 3.05) is 13.2 Å². The number of nitrogens with two attached hydrogens (primary N) is 1. The topological polar surface area (TPSA) is 35.2 Å². The second-order valence-corrected chi connectivity index (χ2v) is 5.16. The van der Waals surface area contributed by atoms with E-state index in [1.165, 1.54) is 12.8 Å². The van der Waals surface area contributed by atoms with Crippen LogP contribution in [0.15, 0.2) is 18.2 Å². The molecule has 2 rings (SSSR count). The summed E-state index contributed by atoms with van der Waals surface area (Å²) in [6.45, 7) is 1.40. The molecule has 1 aliphatic rings. The van der Waals surface area contributed by atoms with E-state index in [1.54, 1.807) is 6.07 Å². The molecule has 1 fully saturated rings. The molecule has 0 bridgehead atoms. The van der Waals surface area contributed by atoms with Gasteiger partial charge in [-0.05, 0) is 37.9 Å². The highest BCUT2D eigenvalue weighted by atomic mass is 35.5. The zero-order valence-electron chi connectivity index (χ0n) is 9.01. The number of hydrogen-bond donors (Lipinski definition) is 1. The van der Waals surface area contributed by atoms with Gasteiger partial charge in [0.1, 0.15) is 10.8 Å². The third-order valence-electron chi connectivity index (χ3n) is 3.08. The average Bonchev–Trinajstić information content (AvgIpc) is 3.02. The van der Waals surface area contributed by atoms with Crippen molar-refractivity contribution < 1.29 is 4.74 Å². The minimum atomic E-state index is 0.292. The van der Waals surface area contributed by atoms with Crippen molar-refractivity contribution in [2.24, 2.45) is 11.1 Å². The molecule has 1 aromatic carbocycles. The molecule has 1 saturated carbocycles. The first-order valence-electron chi connectivity index (χ1n) is 5.44. The molecule has 0 saturated heterocycles. The normalized spacial score (nSPS) is 17.2. The molecule has 1 aromatic rings. The minimum absolute atomic E-state index is 0.292. The summed E-state index contributed by atoms with van der Waals surface area (Å²) in [5.41, 5.74) is 5.87. The molecular formula is C12H15Cl2NO. The molecular weight excluding hydrogens is 245 g/mol. The molecule has 0 amide bonds. The van der Waals surface area contributed by atoms with Crippen molar-refractivity contribution in [3.05, 3.63) is 28.2 Å². The zero-order valence-corrected chi connectivity index (χ0v) is 10.5. The van der Waals surface area contributed by atoms with E-state index < -0.39 is 0 Å². The van der Waals surface area contributed by atoms with Gasteiger partial charge in [-0.3, -0.25) is 0 Å². The quantitative estimate of drug-likeness (QED) is 0.879. The molecule has 0 unspecified atom stereocenters. The van der Waals surface area contributed by atoms with E-state index >= 15 is 0 Å². The summed E-state index contributed by atoms with van der Waals surface area (Å²) in [5.74, 6) is 0.664. The molecule has 88 valence electrons. The van der Waals surface area contributed by atoms with Crippen molar-refractivity contribution >= 4 is 23.2 Å². The summed E-state index contributed by atoms with van der Waals surface area (Å²) in [4.78, 5) is 0. The fourth-order valence-corrected chi connectivity index (χ4v) is 2.12. The maximum absolute atomic E-state index is 6.04. The van der Waals surface area contributed by atoms with Crippen LogP contribution in [-0.2, 0) is 0 Å². The summed E-state index contributed by atoms with van der Waals surface area (Å²) in [5, 5.41) is 1.02. The van der Waals surface area contributed by atoms with Crippen LogP contribution in [0.2, 0.25) is 10.0 Å². The minimum Gasteiger partial charge on any atom is -0.491 e. The van der Waals surface area contributed by atoms with Gasteiger partial charge in [0, 0.05) is 5.41 Å². The fraction of sp³-hybridized carbons (Fsp3) is 0.500. The van der Waals surface area contributed by atoms with Gasteiger partial charge in [0.15, 0.2) is 0 Å². The van der Waals surface area contributed by atoms with Gasteiger partial charge in [0.2, 0.25) is 0 Å². The van der Waals surface area contributed by atoms with Gasteiger partial charge in [-0.15, -0.1) is 0 Å². The van der Waals surface area contributed by atoms with Gasteiger partial charge in [-0.2, -0.15) is 0 Å².